The lowest BCUT2D eigenvalue weighted by Crippen LogP contribution is -2.41. The van der Waals surface area contributed by atoms with Gasteiger partial charge in [0.15, 0.2) is 11.4 Å². The molecule has 1 aliphatic rings. The predicted molar refractivity (Wildman–Crippen MR) is 93.8 cm³/mol. The minimum Gasteiger partial charge on any atom is -0.375 e. The van der Waals surface area contributed by atoms with Gasteiger partial charge in [0.05, 0.1) is 12.1 Å². The topological polar surface area (TPSA) is 70.5 Å². The van der Waals surface area contributed by atoms with Crippen molar-refractivity contribution in [2.45, 2.75) is 12.0 Å². The fourth-order valence-electron chi connectivity index (χ4n) is 2.87. The van der Waals surface area contributed by atoms with E-state index in [-0.39, 0.29) is 18.7 Å². The van der Waals surface area contributed by atoms with E-state index in [1.165, 1.54) is 11.1 Å². The predicted octanol–water partition coefficient (Wildman–Crippen LogP) is 2.84. The minimum atomic E-state index is -1.89. The van der Waals surface area contributed by atoms with Gasteiger partial charge in [0.25, 0.3) is 5.91 Å². The van der Waals surface area contributed by atoms with Gasteiger partial charge in [0.1, 0.15) is 0 Å². The Bertz CT molecular complexity index is 822. The van der Waals surface area contributed by atoms with Crippen molar-refractivity contribution in [1.82, 2.24) is 4.98 Å². The molecule has 2 aromatic rings. The molecule has 1 atom stereocenters. The van der Waals surface area contributed by atoms with Gasteiger partial charge in [-0.05, 0) is 30.3 Å². The molecule has 5 nitrogen and oxygen atoms in total. The number of hydrogen-bond acceptors (Lipinski definition) is 4. The molecule has 3 rings (SSSR count). The number of benzene rings is 1. The summed E-state index contributed by atoms with van der Waals surface area (Å²) in [6.45, 7) is 3.91. The maximum Gasteiger partial charge on any atom is 0.264 e. The number of carbonyl (C=O) groups is 2. The molecule has 0 saturated carbocycles. The lowest BCUT2D eigenvalue weighted by atomic mass is 9.88. The molecule has 0 radical (unpaired) electrons. The van der Waals surface area contributed by atoms with Crippen molar-refractivity contribution < 1.29 is 14.7 Å². The van der Waals surface area contributed by atoms with E-state index < -0.39 is 11.5 Å². The fourth-order valence-corrected chi connectivity index (χ4v) is 3.23. The van der Waals surface area contributed by atoms with Gasteiger partial charge in [0.2, 0.25) is 0 Å². The summed E-state index contributed by atoms with van der Waals surface area (Å²) in [5.41, 5.74) is -0.530. The van der Waals surface area contributed by atoms with Crippen LogP contribution >= 0.6 is 15.9 Å². The molecule has 0 bridgehead atoms. The number of ketones is 1. The second-order valence-electron chi connectivity index (χ2n) is 5.57. The third kappa shape index (κ3) is 2.68. The van der Waals surface area contributed by atoms with Crippen LogP contribution in [0.5, 0.6) is 0 Å². The Labute approximate surface area is 147 Å². The van der Waals surface area contributed by atoms with E-state index >= 15 is 0 Å². The van der Waals surface area contributed by atoms with Crippen molar-refractivity contribution in [3.63, 3.8) is 0 Å². The molecule has 0 fully saturated rings. The number of halogens is 1. The number of amides is 1. The second kappa shape index (κ2) is 6.30. The third-order valence-electron chi connectivity index (χ3n) is 4.01. The minimum absolute atomic E-state index is 0.261. The van der Waals surface area contributed by atoms with Crippen LogP contribution < -0.4 is 4.90 Å². The van der Waals surface area contributed by atoms with E-state index in [0.717, 1.165) is 4.47 Å². The van der Waals surface area contributed by atoms with E-state index in [4.69, 9.17) is 0 Å². The summed E-state index contributed by atoms with van der Waals surface area (Å²) in [5.74, 6) is -0.863. The van der Waals surface area contributed by atoms with Crippen LogP contribution in [0.3, 0.4) is 0 Å². The van der Waals surface area contributed by atoms with Gasteiger partial charge in [-0.25, -0.2) is 0 Å². The van der Waals surface area contributed by atoms with Crippen LogP contribution in [0.1, 0.15) is 22.3 Å². The summed E-state index contributed by atoms with van der Waals surface area (Å²) in [5, 5.41) is 11.1. The monoisotopic (exact) mass is 386 g/mol. The fraction of sp³-hybridized carbons (Fsp3) is 0.167. The number of aromatic nitrogens is 1. The van der Waals surface area contributed by atoms with E-state index in [1.54, 1.807) is 42.6 Å². The smallest absolute Gasteiger partial charge is 0.264 e. The molecule has 1 amide bonds. The largest absolute Gasteiger partial charge is 0.375 e. The first-order chi connectivity index (χ1) is 11.5. The summed E-state index contributed by atoms with van der Waals surface area (Å²) in [4.78, 5) is 30.6. The standard InChI is InChI=1S/C18H15BrN2O3/c1-2-8-21-15-6-5-13(19)9-14(15)18(24,17(21)23)10-16(22)12-4-3-7-20-11-12/h2-7,9,11,24H,1,8,10H2/t18-/m1/s1. The van der Waals surface area contributed by atoms with Crippen molar-refractivity contribution in [2.24, 2.45) is 0 Å². The number of fused-ring (bicyclic) bond motifs is 1. The van der Waals surface area contributed by atoms with Gasteiger partial charge in [-0.1, -0.05) is 22.0 Å². The van der Waals surface area contributed by atoms with Gasteiger partial charge in [0, 0.05) is 34.5 Å². The highest BCUT2D eigenvalue weighted by atomic mass is 79.9. The van der Waals surface area contributed by atoms with Crippen molar-refractivity contribution >= 4 is 33.3 Å². The summed E-state index contributed by atoms with van der Waals surface area (Å²) in [6, 6.07) is 8.46. The Morgan fingerprint density at radius 1 is 1.42 bits per heavy atom. The molecule has 24 heavy (non-hydrogen) atoms. The second-order valence-corrected chi connectivity index (χ2v) is 6.48. The number of Topliss-reactive ketones (excluding diaryl/α,β-unsaturated/α-hetero) is 1. The highest BCUT2D eigenvalue weighted by molar-refractivity contribution is 9.10. The number of carbonyl (C=O) groups excluding carboxylic acids is 2. The maximum absolute atomic E-state index is 12.8. The molecular formula is C18H15BrN2O3. The average Bonchev–Trinajstić information content (AvgIpc) is 2.78. The molecule has 1 aromatic heterocycles. The normalized spacial score (nSPS) is 19.2. The Morgan fingerprint density at radius 3 is 2.88 bits per heavy atom. The van der Waals surface area contributed by atoms with E-state index in [0.29, 0.717) is 16.8 Å². The van der Waals surface area contributed by atoms with Crippen LogP contribution in [0, 0.1) is 0 Å². The van der Waals surface area contributed by atoms with Gasteiger partial charge in [-0.2, -0.15) is 0 Å². The van der Waals surface area contributed by atoms with Gasteiger partial charge >= 0.3 is 0 Å². The summed E-state index contributed by atoms with van der Waals surface area (Å²) in [7, 11) is 0. The van der Waals surface area contributed by atoms with Crippen LogP contribution in [-0.2, 0) is 10.4 Å². The molecule has 0 saturated heterocycles. The molecule has 6 heteroatoms. The number of aliphatic hydroxyl groups is 1. The number of nitrogens with zero attached hydrogens (tertiary/aromatic N) is 2. The molecule has 2 heterocycles. The molecule has 0 spiro atoms. The zero-order valence-electron chi connectivity index (χ0n) is 12.8. The average molecular weight is 387 g/mol. The molecule has 1 N–H and O–H groups in total. The zero-order valence-corrected chi connectivity index (χ0v) is 14.4. The first-order valence-electron chi connectivity index (χ1n) is 7.36. The summed E-state index contributed by atoms with van der Waals surface area (Å²) >= 11 is 3.35. The van der Waals surface area contributed by atoms with E-state index in [9.17, 15) is 14.7 Å². The van der Waals surface area contributed by atoms with Crippen molar-refractivity contribution in [3.05, 3.63) is 71.0 Å². The highest BCUT2D eigenvalue weighted by Gasteiger charge is 2.50. The lowest BCUT2D eigenvalue weighted by molar-refractivity contribution is -0.135. The number of rotatable bonds is 5. The van der Waals surface area contributed by atoms with Gasteiger partial charge in [-0.15, -0.1) is 6.58 Å². The lowest BCUT2D eigenvalue weighted by Gasteiger charge is -2.22. The highest BCUT2D eigenvalue weighted by Crippen LogP contribution is 2.44. The van der Waals surface area contributed by atoms with Crippen molar-refractivity contribution in [3.8, 4) is 0 Å². The Morgan fingerprint density at radius 2 is 2.21 bits per heavy atom. The van der Waals surface area contributed by atoms with E-state index in [1.807, 2.05) is 0 Å². The molecular weight excluding hydrogens is 372 g/mol. The van der Waals surface area contributed by atoms with Crippen LogP contribution in [-0.4, -0.2) is 28.3 Å². The van der Waals surface area contributed by atoms with Crippen molar-refractivity contribution in [2.75, 3.05) is 11.4 Å². The third-order valence-corrected chi connectivity index (χ3v) is 4.50. The van der Waals surface area contributed by atoms with Crippen LogP contribution in [0.2, 0.25) is 0 Å². The van der Waals surface area contributed by atoms with E-state index in [2.05, 4.69) is 27.5 Å². The zero-order chi connectivity index (χ0) is 17.3. The molecule has 0 unspecified atom stereocenters. The van der Waals surface area contributed by atoms with Gasteiger partial charge < -0.3 is 10.0 Å². The number of pyridine rings is 1. The van der Waals surface area contributed by atoms with Crippen molar-refractivity contribution in [1.29, 1.82) is 0 Å². The first kappa shape index (κ1) is 16.5. The number of hydrogen-bond donors (Lipinski definition) is 1. The number of anilines is 1. The van der Waals surface area contributed by atoms with Crippen LogP contribution in [0.25, 0.3) is 0 Å². The van der Waals surface area contributed by atoms with Crippen LogP contribution in [0.4, 0.5) is 5.69 Å². The molecule has 0 aliphatic carbocycles. The van der Waals surface area contributed by atoms with Gasteiger partial charge in [-0.3, -0.25) is 14.6 Å². The Kier molecular flexibility index (Phi) is 4.34. The SMILES string of the molecule is C=CCN1C(=O)[C@@](O)(CC(=O)c2cccnc2)c2cc(Br)ccc21. The Balaban J connectivity index is 2.03. The molecule has 122 valence electrons. The Hall–Kier alpha value is -2.31. The first-order valence-corrected chi connectivity index (χ1v) is 8.15. The van der Waals surface area contributed by atoms with Crippen LogP contribution in [0.15, 0.2) is 59.9 Å². The quantitative estimate of drug-likeness (QED) is 0.633. The maximum atomic E-state index is 12.8. The summed E-state index contributed by atoms with van der Waals surface area (Å²) in [6.07, 6.45) is 4.23. The molecule has 1 aromatic carbocycles. The molecule has 1 aliphatic heterocycles. The summed E-state index contributed by atoms with van der Waals surface area (Å²) < 4.78 is 0.724.